The number of nitrogen functional groups attached to an aromatic ring is 1. The number of aromatic nitrogens is 4. The molecule has 0 unspecified atom stereocenters. The average Bonchev–Trinajstić information content (AvgIpc) is 2.80. The minimum atomic E-state index is 0.197. The highest BCUT2D eigenvalue weighted by atomic mass is 127. The molecule has 0 fully saturated rings. The van der Waals surface area contributed by atoms with Crippen molar-refractivity contribution in [2.45, 2.75) is 0 Å². The van der Waals surface area contributed by atoms with Crippen molar-refractivity contribution in [2.24, 2.45) is 0 Å². The molecule has 2 aromatic heterocycles. The molecule has 6 nitrogen and oxygen atoms in total. The molecule has 0 saturated carbocycles. The normalized spacial score (nSPS) is 10.7. The molecule has 3 rings (SSSR count). The van der Waals surface area contributed by atoms with Crippen LogP contribution in [-0.2, 0) is 0 Å². The number of anilines is 3. The Bertz CT molecular complexity index is 690. The van der Waals surface area contributed by atoms with Gasteiger partial charge in [0, 0.05) is 9.26 Å². The molecule has 3 aromatic rings. The number of benzene rings is 1. The Morgan fingerprint density at radius 3 is 2.72 bits per heavy atom. The highest BCUT2D eigenvalue weighted by Gasteiger charge is 2.08. The van der Waals surface area contributed by atoms with Crippen molar-refractivity contribution >= 4 is 51.2 Å². The predicted octanol–water partition coefficient (Wildman–Crippen LogP) is 2.28. The Kier molecular flexibility index (Phi) is 2.74. The number of H-pyrrole nitrogens is 1. The van der Waals surface area contributed by atoms with Crippen LogP contribution in [0.3, 0.4) is 0 Å². The quantitative estimate of drug-likeness (QED) is 0.616. The summed E-state index contributed by atoms with van der Waals surface area (Å²) in [6.45, 7) is 0. The van der Waals surface area contributed by atoms with Crippen molar-refractivity contribution < 1.29 is 0 Å². The predicted molar refractivity (Wildman–Crippen MR) is 78.5 cm³/mol. The molecule has 7 heteroatoms. The molecule has 0 aliphatic rings. The minimum Gasteiger partial charge on any atom is -0.368 e. The number of fused-ring (bicyclic) bond motifs is 1. The zero-order valence-electron chi connectivity index (χ0n) is 9.18. The zero-order chi connectivity index (χ0) is 12.5. The Morgan fingerprint density at radius 1 is 1.17 bits per heavy atom. The molecule has 1 aromatic carbocycles. The number of hydrogen-bond acceptors (Lipinski definition) is 5. The second-order valence-corrected chi connectivity index (χ2v) is 4.91. The number of rotatable bonds is 2. The fourth-order valence-corrected chi connectivity index (χ4v) is 1.97. The largest absolute Gasteiger partial charge is 0.368 e. The fraction of sp³-hybridized carbons (Fsp3) is 0. The summed E-state index contributed by atoms with van der Waals surface area (Å²) in [6.07, 6.45) is 1.57. The van der Waals surface area contributed by atoms with Crippen LogP contribution in [0.25, 0.3) is 11.2 Å². The van der Waals surface area contributed by atoms with Gasteiger partial charge in [-0.15, -0.1) is 0 Å². The van der Waals surface area contributed by atoms with Crippen LogP contribution in [0.4, 0.5) is 17.5 Å². The lowest BCUT2D eigenvalue weighted by atomic mass is 10.3. The van der Waals surface area contributed by atoms with E-state index in [-0.39, 0.29) is 5.95 Å². The maximum atomic E-state index is 5.64. The number of nitrogens with two attached hydrogens (primary N) is 1. The Hall–Kier alpha value is -1.90. The minimum absolute atomic E-state index is 0.197. The molecule has 90 valence electrons. The lowest BCUT2D eigenvalue weighted by Crippen LogP contribution is -2.01. The van der Waals surface area contributed by atoms with E-state index in [1.807, 2.05) is 24.3 Å². The van der Waals surface area contributed by atoms with E-state index >= 15 is 0 Å². The van der Waals surface area contributed by atoms with Crippen molar-refractivity contribution in [1.29, 1.82) is 0 Å². The first kappa shape index (κ1) is 11.2. The summed E-state index contributed by atoms with van der Waals surface area (Å²) in [6, 6.07) is 7.97. The van der Waals surface area contributed by atoms with E-state index < -0.39 is 0 Å². The van der Waals surface area contributed by atoms with Gasteiger partial charge in [0.1, 0.15) is 5.52 Å². The lowest BCUT2D eigenvalue weighted by molar-refractivity contribution is 1.21. The first-order chi connectivity index (χ1) is 8.72. The highest BCUT2D eigenvalue weighted by Crippen LogP contribution is 2.22. The van der Waals surface area contributed by atoms with Crippen LogP contribution in [-0.4, -0.2) is 19.9 Å². The van der Waals surface area contributed by atoms with Gasteiger partial charge in [-0.2, -0.15) is 9.97 Å². The Labute approximate surface area is 116 Å². The van der Waals surface area contributed by atoms with E-state index in [0.29, 0.717) is 11.5 Å². The van der Waals surface area contributed by atoms with Crippen LogP contribution in [0, 0.1) is 3.57 Å². The summed E-state index contributed by atoms with van der Waals surface area (Å²) < 4.78 is 1.17. The summed E-state index contributed by atoms with van der Waals surface area (Å²) in [5.74, 6) is 0.818. The van der Waals surface area contributed by atoms with Crippen LogP contribution >= 0.6 is 22.6 Å². The molecule has 0 saturated heterocycles. The zero-order valence-corrected chi connectivity index (χ0v) is 11.3. The number of aromatic amines is 1. The molecule has 0 aliphatic carbocycles. The first-order valence-corrected chi connectivity index (χ1v) is 6.29. The second kappa shape index (κ2) is 4.41. The Balaban J connectivity index is 2.03. The van der Waals surface area contributed by atoms with Crippen molar-refractivity contribution in [3.63, 3.8) is 0 Å². The summed E-state index contributed by atoms with van der Waals surface area (Å²) >= 11 is 2.26. The third-order valence-electron chi connectivity index (χ3n) is 2.41. The lowest BCUT2D eigenvalue weighted by Gasteiger charge is -2.06. The van der Waals surface area contributed by atoms with E-state index in [4.69, 9.17) is 5.73 Å². The van der Waals surface area contributed by atoms with E-state index in [1.165, 1.54) is 3.57 Å². The number of hydrogen-bond donors (Lipinski definition) is 3. The van der Waals surface area contributed by atoms with Crippen molar-refractivity contribution in [2.75, 3.05) is 11.1 Å². The van der Waals surface area contributed by atoms with Crippen LogP contribution < -0.4 is 11.1 Å². The maximum Gasteiger partial charge on any atom is 0.224 e. The van der Waals surface area contributed by atoms with Gasteiger partial charge in [0.2, 0.25) is 5.95 Å². The van der Waals surface area contributed by atoms with Crippen LogP contribution in [0.15, 0.2) is 30.6 Å². The molecular formula is C11H9IN6. The Morgan fingerprint density at radius 2 is 1.94 bits per heavy atom. The van der Waals surface area contributed by atoms with Crippen molar-refractivity contribution in [3.8, 4) is 0 Å². The molecule has 0 bridgehead atoms. The standard InChI is InChI=1S/C11H9IN6/c12-6-1-3-7(4-2-6)16-10-8-9(15-5-14-8)17-11(13)18-10/h1-5H,(H4,13,14,15,16,17,18). The summed E-state index contributed by atoms with van der Waals surface area (Å²) in [7, 11) is 0. The number of nitrogens with zero attached hydrogens (tertiary/aromatic N) is 3. The number of halogens is 1. The van der Waals surface area contributed by atoms with E-state index in [1.54, 1.807) is 6.33 Å². The highest BCUT2D eigenvalue weighted by molar-refractivity contribution is 14.1. The third kappa shape index (κ3) is 2.08. The summed E-state index contributed by atoms with van der Waals surface area (Å²) in [5.41, 5.74) is 7.87. The smallest absolute Gasteiger partial charge is 0.224 e. The molecule has 0 radical (unpaired) electrons. The van der Waals surface area contributed by atoms with Crippen LogP contribution in [0.5, 0.6) is 0 Å². The summed E-state index contributed by atoms with van der Waals surface area (Å²) in [4.78, 5) is 15.3. The van der Waals surface area contributed by atoms with Gasteiger partial charge in [0.05, 0.1) is 6.33 Å². The molecule has 18 heavy (non-hydrogen) atoms. The van der Waals surface area contributed by atoms with Gasteiger partial charge in [0.15, 0.2) is 11.5 Å². The monoisotopic (exact) mass is 352 g/mol. The van der Waals surface area contributed by atoms with Gasteiger partial charge in [-0.1, -0.05) is 0 Å². The van der Waals surface area contributed by atoms with E-state index in [0.717, 1.165) is 11.2 Å². The average molecular weight is 352 g/mol. The van der Waals surface area contributed by atoms with Crippen molar-refractivity contribution in [1.82, 2.24) is 19.9 Å². The van der Waals surface area contributed by atoms with Gasteiger partial charge >= 0.3 is 0 Å². The fourth-order valence-electron chi connectivity index (χ4n) is 1.61. The molecule has 0 atom stereocenters. The molecule has 4 N–H and O–H groups in total. The van der Waals surface area contributed by atoms with Gasteiger partial charge in [-0.25, -0.2) is 4.98 Å². The second-order valence-electron chi connectivity index (χ2n) is 3.66. The van der Waals surface area contributed by atoms with Gasteiger partial charge < -0.3 is 16.0 Å². The molecule has 0 spiro atoms. The van der Waals surface area contributed by atoms with Gasteiger partial charge in [-0.05, 0) is 46.9 Å². The number of nitrogens with one attached hydrogen (secondary N) is 2. The van der Waals surface area contributed by atoms with E-state index in [2.05, 4.69) is 47.8 Å². The third-order valence-corrected chi connectivity index (χ3v) is 3.13. The molecular weight excluding hydrogens is 343 g/mol. The van der Waals surface area contributed by atoms with Crippen molar-refractivity contribution in [3.05, 3.63) is 34.2 Å². The SMILES string of the molecule is Nc1nc(Nc2ccc(I)cc2)c2[nH]cnc2n1. The summed E-state index contributed by atoms with van der Waals surface area (Å²) in [5, 5.41) is 3.20. The molecule has 0 amide bonds. The first-order valence-electron chi connectivity index (χ1n) is 5.21. The van der Waals surface area contributed by atoms with Gasteiger partial charge in [0.25, 0.3) is 0 Å². The van der Waals surface area contributed by atoms with Gasteiger partial charge in [-0.3, -0.25) is 0 Å². The van der Waals surface area contributed by atoms with Crippen LogP contribution in [0.1, 0.15) is 0 Å². The number of imidazole rings is 1. The van der Waals surface area contributed by atoms with Crippen LogP contribution in [0.2, 0.25) is 0 Å². The maximum absolute atomic E-state index is 5.64. The molecule has 2 heterocycles. The molecule has 0 aliphatic heterocycles. The topological polar surface area (TPSA) is 92.5 Å². The van der Waals surface area contributed by atoms with E-state index in [9.17, 15) is 0 Å².